The van der Waals surface area contributed by atoms with E-state index in [4.69, 9.17) is 14.2 Å². The molecule has 0 saturated carbocycles. The maximum atomic E-state index is 14.1. The summed E-state index contributed by atoms with van der Waals surface area (Å²) in [5.74, 6) is 1.23. The third kappa shape index (κ3) is 4.72. The molecule has 0 bridgehead atoms. The predicted octanol–water partition coefficient (Wildman–Crippen LogP) is 3.49. The van der Waals surface area contributed by atoms with Crippen molar-refractivity contribution < 1.29 is 23.0 Å². The van der Waals surface area contributed by atoms with E-state index in [9.17, 15) is 8.78 Å². The second-order valence-corrected chi connectivity index (χ2v) is 6.58. The molecule has 3 rings (SSSR count). The minimum absolute atomic E-state index is 0.279. The first kappa shape index (κ1) is 20.4. The largest absolute Gasteiger partial charge is 0.493 e. The number of ether oxygens (including phenoxy) is 3. The molecule has 1 heterocycles. The van der Waals surface area contributed by atoms with Crippen LogP contribution >= 0.6 is 0 Å². The molecule has 1 atom stereocenters. The highest BCUT2D eigenvalue weighted by Gasteiger charge is 2.33. The number of rotatable bonds is 8. The number of hydrogen-bond acceptors (Lipinski definition) is 5. The molecule has 0 amide bonds. The van der Waals surface area contributed by atoms with Crippen molar-refractivity contribution in [2.45, 2.75) is 19.1 Å². The lowest BCUT2D eigenvalue weighted by Crippen LogP contribution is -2.47. The summed E-state index contributed by atoms with van der Waals surface area (Å²) >= 11 is 0. The first-order chi connectivity index (χ1) is 13.6. The zero-order valence-electron chi connectivity index (χ0n) is 16.2. The zero-order valence-corrected chi connectivity index (χ0v) is 16.2. The topological polar surface area (TPSA) is 43.0 Å². The van der Waals surface area contributed by atoms with Gasteiger partial charge in [-0.05, 0) is 11.6 Å². The maximum absolute atomic E-state index is 14.1. The van der Waals surface area contributed by atoms with Crippen LogP contribution in [-0.4, -0.2) is 51.7 Å². The highest BCUT2D eigenvalue weighted by atomic mass is 19.3. The smallest absolute Gasteiger partial charge is 0.258 e. The van der Waals surface area contributed by atoms with Crippen molar-refractivity contribution in [3.05, 3.63) is 53.6 Å². The number of benzene rings is 2. The van der Waals surface area contributed by atoms with Crippen LogP contribution in [0.25, 0.3) is 0 Å². The number of methoxy groups -OCH3 is 2. The minimum Gasteiger partial charge on any atom is -0.493 e. The first-order valence-electron chi connectivity index (χ1n) is 9.29. The lowest BCUT2D eigenvalue weighted by molar-refractivity contribution is 0.0165. The second kappa shape index (κ2) is 9.71. The SMILES string of the molecule is COc1cc(OCc2ccccc2)c([C@H](C(F)F)N2CCNCC2)cc1OC. The van der Waals surface area contributed by atoms with Gasteiger partial charge in [-0.3, -0.25) is 4.90 Å². The van der Waals surface area contributed by atoms with Crippen LogP contribution in [0.15, 0.2) is 42.5 Å². The Bertz CT molecular complexity index is 753. The quantitative estimate of drug-likeness (QED) is 0.745. The Morgan fingerprint density at radius 1 is 0.964 bits per heavy atom. The van der Waals surface area contributed by atoms with E-state index in [1.54, 1.807) is 17.0 Å². The van der Waals surface area contributed by atoms with E-state index in [1.165, 1.54) is 14.2 Å². The number of alkyl halides is 2. The molecule has 0 unspecified atom stereocenters. The van der Waals surface area contributed by atoms with Crippen molar-refractivity contribution in [2.75, 3.05) is 40.4 Å². The highest BCUT2D eigenvalue weighted by molar-refractivity contribution is 5.52. The maximum Gasteiger partial charge on any atom is 0.258 e. The second-order valence-electron chi connectivity index (χ2n) is 6.58. The fourth-order valence-corrected chi connectivity index (χ4v) is 3.42. The zero-order chi connectivity index (χ0) is 19.9. The molecule has 2 aromatic carbocycles. The van der Waals surface area contributed by atoms with Gasteiger partial charge in [0.1, 0.15) is 18.4 Å². The molecule has 28 heavy (non-hydrogen) atoms. The Labute approximate surface area is 164 Å². The average Bonchev–Trinajstić information content (AvgIpc) is 2.73. The van der Waals surface area contributed by atoms with E-state index >= 15 is 0 Å². The number of halogens is 2. The van der Waals surface area contributed by atoms with Crippen LogP contribution in [0.3, 0.4) is 0 Å². The summed E-state index contributed by atoms with van der Waals surface area (Å²) < 4.78 is 45.0. The molecule has 7 heteroatoms. The molecule has 0 aromatic heterocycles. The van der Waals surface area contributed by atoms with Crippen LogP contribution in [0.1, 0.15) is 17.2 Å². The molecule has 1 saturated heterocycles. The van der Waals surface area contributed by atoms with Crippen molar-refractivity contribution in [3.63, 3.8) is 0 Å². The predicted molar refractivity (Wildman–Crippen MR) is 104 cm³/mol. The Hall–Kier alpha value is -2.38. The van der Waals surface area contributed by atoms with Crippen LogP contribution in [0.4, 0.5) is 8.78 Å². The van der Waals surface area contributed by atoms with E-state index in [1.807, 2.05) is 30.3 Å². The molecule has 1 N–H and O–H groups in total. The van der Waals surface area contributed by atoms with E-state index in [0.29, 0.717) is 49.0 Å². The van der Waals surface area contributed by atoms with Gasteiger partial charge in [0.25, 0.3) is 6.43 Å². The molecule has 2 aromatic rings. The lowest BCUT2D eigenvalue weighted by Gasteiger charge is -2.35. The van der Waals surface area contributed by atoms with Gasteiger partial charge in [-0.1, -0.05) is 30.3 Å². The molecule has 1 aliphatic heterocycles. The molecule has 0 aliphatic carbocycles. The van der Waals surface area contributed by atoms with Crippen molar-refractivity contribution >= 4 is 0 Å². The van der Waals surface area contributed by atoms with Gasteiger partial charge in [0, 0.05) is 37.8 Å². The summed E-state index contributed by atoms with van der Waals surface area (Å²) in [5.41, 5.74) is 1.37. The van der Waals surface area contributed by atoms with Gasteiger partial charge in [0.05, 0.1) is 14.2 Å². The summed E-state index contributed by atoms with van der Waals surface area (Å²) in [7, 11) is 3.01. The van der Waals surface area contributed by atoms with E-state index < -0.39 is 12.5 Å². The highest BCUT2D eigenvalue weighted by Crippen LogP contribution is 2.41. The van der Waals surface area contributed by atoms with E-state index in [0.717, 1.165) is 5.56 Å². The Kier molecular flexibility index (Phi) is 7.06. The summed E-state index contributed by atoms with van der Waals surface area (Å²) in [6.07, 6.45) is -2.56. The fraction of sp³-hybridized carbons (Fsp3) is 0.429. The summed E-state index contributed by atoms with van der Waals surface area (Å²) in [6.45, 7) is 2.72. The summed E-state index contributed by atoms with van der Waals surface area (Å²) in [5, 5.41) is 3.20. The average molecular weight is 392 g/mol. The lowest BCUT2D eigenvalue weighted by atomic mass is 10.0. The third-order valence-corrected chi connectivity index (χ3v) is 4.86. The summed E-state index contributed by atoms with van der Waals surface area (Å²) in [6, 6.07) is 11.8. The monoisotopic (exact) mass is 392 g/mol. The Morgan fingerprint density at radius 3 is 2.21 bits per heavy atom. The fourth-order valence-electron chi connectivity index (χ4n) is 3.42. The molecular weight excluding hydrogens is 366 g/mol. The van der Waals surface area contributed by atoms with Crippen LogP contribution in [0.5, 0.6) is 17.2 Å². The van der Waals surface area contributed by atoms with Gasteiger partial charge < -0.3 is 19.5 Å². The summed E-state index contributed by atoms with van der Waals surface area (Å²) in [4.78, 5) is 1.79. The van der Waals surface area contributed by atoms with Crippen molar-refractivity contribution in [1.29, 1.82) is 0 Å². The minimum atomic E-state index is -2.56. The number of piperazine rings is 1. The number of nitrogens with one attached hydrogen (secondary N) is 1. The van der Waals surface area contributed by atoms with Gasteiger partial charge in [-0.2, -0.15) is 0 Å². The Morgan fingerprint density at radius 2 is 1.61 bits per heavy atom. The standard InChI is InChI=1S/C21H26F2N2O3/c1-26-18-12-16(20(21(22)23)25-10-8-24-9-11-25)17(13-19(18)27-2)28-14-15-6-4-3-5-7-15/h3-7,12-13,20-21,24H,8-11,14H2,1-2H3/t20-/m1/s1. The first-order valence-corrected chi connectivity index (χ1v) is 9.29. The molecular formula is C21H26F2N2O3. The van der Waals surface area contributed by atoms with Crippen molar-refractivity contribution in [1.82, 2.24) is 10.2 Å². The van der Waals surface area contributed by atoms with Gasteiger partial charge >= 0.3 is 0 Å². The van der Waals surface area contributed by atoms with E-state index in [-0.39, 0.29) is 6.61 Å². The van der Waals surface area contributed by atoms with Crippen molar-refractivity contribution in [3.8, 4) is 17.2 Å². The number of nitrogens with zero attached hydrogens (tertiary/aromatic N) is 1. The van der Waals surface area contributed by atoms with Crippen molar-refractivity contribution in [2.24, 2.45) is 0 Å². The Balaban J connectivity index is 1.97. The molecule has 0 radical (unpaired) electrons. The van der Waals surface area contributed by atoms with Gasteiger partial charge in [0.15, 0.2) is 11.5 Å². The molecule has 1 fully saturated rings. The van der Waals surface area contributed by atoms with Crippen LogP contribution in [0, 0.1) is 0 Å². The molecule has 152 valence electrons. The normalized spacial score (nSPS) is 16.0. The van der Waals surface area contributed by atoms with Gasteiger partial charge in [-0.15, -0.1) is 0 Å². The van der Waals surface area contributed by atoms with Crippen LogP contribution in [0.2, 0.25) is 0 Å². The van der Waals surface area contributed by atoms with Crippen LogP contribution in [-0.2, 0) is 6.61 Å². The molecule has 1 aliphatic rings. The molecule has 5 nitrogen and oxygen atoms in total. The van der Waals surface area contributed by atoms with Gasteiger partial charge in [0.2, 0.25) is 0 Å². The molecule has 0 spiro atoms. The van der Waals surface area contributed by atoms with Crippen LogP contribution < -0.4 is 19.5 Å². The third-order valence-electron chi connectivity index (χ3n) is 4.86. The number of hydrogen-bond donors (Lipinski definition) is 1. The van der Waals surface area contributed by atoms with Gasteiger partial charge in [-0.25, -0.2) is 8.78 Å². The van der Waals surface area contributed by atoms with E-state index in [2.05, 4.69) is 5.32 Å².